The van der Waals surface area contributed by atoms with Crippen molar-refractivity contribution >= 4 is 23.6 Å². The van der Waals surface area contributed by atoms with Gasteiger partial charge < -0.3 is 0 Å². The second-order valence-corrected chi connectivity index (χ2v) is 5.94. The van der Waals surface area contributed by atoms with Crippen LogP contribution in [0.4, 0.5) is 0 Å². The Morgan fingerprint density at radius 2 is 1.94 bits per heavy atom. The highest BCUT2D eigenvalue weighted by Gasteiger charge is 2.32. The van der Waals surface area contributed by atoms with E-state index in [2.05, 4.69) is 6.92 Å². The first-order valence-corrected chi connectivity index (χ1v) is 7.45. The minimum Gasteiger partial charge on any atom is -0.274 e. The van der Waals surface area contributed by atoms with Crippen LogP contribution in [0.25, 0.3) is 0 Å². The molecule has 0 spiro atoms. The predicted octanol–water partition coefficient (Wildman–Crippen LogP) is 2.43. The molecule has 0 bridgehead atoms. The number of hydrogen-bond acceptors (Lipinski definition) is 3. The van der Waals surface area contributed by atoms with E-state index in [9.17, 15) is 9.59 Å². The predicted molar refractivity (Wildman–Crippen MR) is 69.4 cm³/mol. The summed E-state index contributed by atoms with van der Waals surface area (Å²) in [5.74, 6) is 1.09. The topological polar surface area (TPSA) is 37.4 Å². The van der Waals surface area contributed by atoms with Crippen molar-refractivity contribution in [2.45, 2.75) is 32.6 Å². The second kappa shape index (κ2) is 5.25. The van der Waals surface area contributed by atoms with Gasteiger partial charge in [0.25, 0.3) is 11.8 Å². The lowest BCUT2D eigenvalue weighted by Gasteiger charge is -2.28. The van der Waals surface area contributed by atoms with E-state index in [1.807, 2.05) is 6.26 Å². The molecule has 2 rings (SSSR count). The van der Waals surface area contributed by atoms with Crippen molar-refractivity contribution in [1.29, 1.82) is 0 Å². The Morgan fingerprint density at radius 1 is 1.29 bits per heavy atom. The van der Waals surface area contributed by atoms with Gasteiger partial charge in [0.2, 0.25) is 0 Å². The quantitative estimate of drug-likeness (QED) is 0.725. The van der Waals surface area contributed by atoms with E-state index >= 15 is 0 Å². The number of hydrogen-bond donors (Lipinski definition) is 0. The molecule has 4 heteroatoms. The van der Waals surface area contributed by atoms with Gasteiger partial charge in [0, 0.05) is 12.6 Å². The maximum absolute atomic E-state index is 11.9. The Balaban J connectivity index is 1.92. The van der Waals surface area contributed by atoms with Crippen molar-refractivity contribution in [1.82, 2.24) is 4.90 Å². The summed E-state index contributed by atoms with van der Waals surface area (Å²) in [5, 5.41) is 0. The lowest BCUT2D eigenvalue weighted by molar-refractivity contribution is -0.137. The zero-order chi connectivity index (χ0) is 12.4. The van der Waals surface area contributed by atoms with Crippen LogP contribution in [0.15, 0.2) is 11.0 Å². The third kappa shape index (κ3) is 2.73. The van der Waals surface area contributed by atoms with Crippen LogP contribution in [-0.4, -0.2) is 29.5 Å². The first-order valence-electron chi connectivity index (χ1n) is 6.23. The standard InChI is InChI=1S/C13H19NO2S/c1-9-3-5-10(6-4-9)8-14-12(15)7-11(17-2)13(14)16/h7,9-10H,3-6,8H2,1-2H3. The maximum Gasteiger partial charge on any atom is 0.267 e. The maximum atomic E-state index is 11.9. The molecule has 0 aromatic carbocycles. The van der Waals surface area contributed by atoms with E-state index in [4.69, 9.17) is 0 Å². The molecule has 1 saturated carbocycles. The van der Waals surface area contributed by atoms with Crippen molar-refractivity contribution in [2.24, 2.45) is 11.8 Å². The van der Waals surface area contributed by atoms with Crippen LogP contribution in [0.5, 0.6) is 0 Å². The zero-order valence-electron chi connectivity index (χ0n) is 10.4. The zero-order valence-corrected chi connectivity index (χ0v) is 11.3. The highest BCUT2D eigenvalue weighted by molar-refractivity contribution is 8.03. The van der Waals surface area contributed by atoms with E-state index in [1.165, 1.54) is 35.6 Å². The largest absolute Gasteiger partial charge is 0.274 e. The number of carbonyl (C=O) groups is 2. The van der Waals surface area contributed by atoms with Gasteiger partial charge in [0.15, 0.2) is 0 Å². The van der Waals surface area contributed by atoms with Gasteiger partial charge in [-0.2, -0.15) is 0 Å². The van der Waals surface area contributed by atoms with Crippen LogP contribution >= 0.6 is 11.8 Å². The monoisotopic (exact) mass is 253 g/mol. The molecule has 2 aliphatic rings. The van der Waals surface area contributed by atoms with Gasteiger partial charge in [0.1, 0.15) is 0 Å². The Kier molecular flexibility index (Phi) is 3.92. The fourth-order valence-electron chi connectivity index (χ4n) is 2.57. The van der Waals surface area contributed by atoms with Crippen LogP contribution in [0.2, 0.25) is 0 Å². The fraction of sp³-hybridized carbons (Fsp3) is 0.692. The van der Waals surface area contributed by atoms with E-state index in [0.29, 0.717) is 17.4 Å². The van der Waals surface area contributed by atoms with Gasteiger partial charge in [-0.05, 0) is 30.9 Å². The summed E-state index contributed by atoms with van der Waals surface area (Å²) < 4.78 is 0. The molecule has 0 radical (unpaired) electrons. The van der Waals surface area contributed by atoms with E-state index < -0.39 is 0 Å². The van der Waals surface area contributed by atoms with Crippen LogP contribution in [0.3, 0.4) is 0 Å². The van der Waals surface area contributed by atoms with Gasteiger partial charge in [0.05, 0.1) is 4.91 Å². The summed E-state index contributed by atoms with van der Waals surface area (Å²) in [5.41, 5.74) is 0. The number of carbonyl (C=O) groups excluding carboxylic acids is 2. The van der Waals surface area contributed by atoms with Crippen molar-refractivity contribution in [3.05, 3.63) is 11.0 Å². The summed E-state index contributed by atoms with van der Waals surface area (Å²) in [6.45, 7) is 2.89. The third-order valence-electron chi connectivity index (χ3n) is 3.77. The number of thioether (sulfide) groups is 1. The van der Waals surface area contributed by atoms with Gasteiger partial charge in [-0.3, -0.25) is 14.5 Å². The molecule has 2 amide bonds. The van der Waals surface area contributed by atoms with E-state index in [0.717, 1.165) is 18.8 Å². The molecule has 0 atom stereocenters. The van der Waals surface area contributed by atoms with Crippen LogP contribution in [-0.2, 0) is 9.59 Å². The molecule has 0 unspecified atom stereocenters. The molecule has 1 aliphatic carbocycles. The highest BCUT2D eigenvalue weighted by atomic mass is 32.2. The smallest absolute Gasteiger partial charge is 0.267 e. The van der Waals surface area contributed by atoms with Gasteiger partial charge >= 0.3 is 0 Å². The average Bonchev–Trinajstić information content (AvgIpc) is 2.59. The Morgan fingerprint density at radius 3 is 2.47 bits per heavy atom. The molecular weight excluding hydrogens is 234 g/mol. The Labute approximate surface area is 107 Å². The molecule has 0 aromatic rings. The average molecular weight is 253 g/mol. The molecule has 1 aliphatic heterocycles. The second-order valence-electron chi connectivity index (χ2n) is 5.09. The number of nitrogens with zero attached hydrogens (tertiary/aromatic N) is 1. The normalized spacial score (nSPS) is 29.8. The first-order chi connectivity index (χ1) is 8.11. The van der Waals surface area contributed by atoms with Gasteiger partial charge in [-0.15, -0.1) is 11.8 Å². The minimum absolute atomic E-state index is 0.0962. The van der Waals surface area contributed by atoms with E-state index in [-0.39, 0.29) is 11.8 Å². The Bertz CT molecular complexity index is 356. The molecule has 17 heavy (non-hydrogen) atoms. The van der Waals surface area contributed by atoms with Crippen LogP contribution in [0, 0.1) is 11.8 Å². The van der Waals surface area contributed by atoms with Crippen molar-refractivity contribution in [2.75, 3.05) is 12.8 Å². The summed E-state index contributed by atoms with van der Waals surface area (Å²) in [7, 11) is 0. The molecule has 3 nitrogen and oxygen atoms in total. The molecule has 1 heterocycles. The molecule has 0 N–H and O–H groups in total. The number of imide groups is 1. The number of rotatable bonds is 3. The minimum atomic E-state index is -0.127. The summed E-state index contributed by atoms with van der Waals surface area (Å²) >= 11 is 1.36. The Hall–Kier alpha value is -0.770. The summed E-state index contributed by atoms with van der Waals surface area (Å²) in [6.07, 6.45) is 8.05. The molecule has 0 saturated heterocycles. The third-order valence-corrected chi connectivity index (χ3v) is 4.50. The van der Waals surface area contributed by atoms with Gasteiger partial charge in [-0.25, -0.2) is 0 Å². The van der Waals surface area contributed by atoms with Crippen LogP contribution in [0.1, 0.15) is 32.6 Å². The van der Waals surface area contributed by atoms with Gasteiger partial charge in [-0.1, -0.05) is 19.8 Å². The van der Waals surface area contributed by atoms with E-state index in [1.54, 1.807) is 0 Å². The molecular formula is C13H19NO2S. The molecule has 0 aromatic heterocycles. The first kappa shape index (κ1) is 12.7. The molecule has 1 fully saturated rings. The highest BCUT2D eigenvalue weighted by Crippen LogP contribution is 2.30. The number of amides is 2. The lowest BCUT2D eigenvalue weighted by Crippen LogP contribution is -2.36. The summed E-state index contributed by atoms with van der Waals surface area (Å²) in [6, 6.07) is 0. The lowest BCUT2D eigenvalue weighted by atomic mass is 9.83. The fourth-order valence-corrected chi connectivity index (χ4v) is 3.08. The van der Waals surface area contributed by atoms with Crippen LogP contribution < -0.4 is 0 Å². The van der Waals surface area contributed by atoms with Crippen molar-refractivity contribution < 1.29 is 9.59 Å². The summed E-state index contributed by atoms with van der Waals surface area (Å²) in [4.78, 5) is 25.6. The SMILES string of the molecule is CSC1=CC(=O)N(CC2CCC(C)CC2)C1=O. The van der Waals surface area contributed by atoms with Crippen molar-refractivity contribution in [3.8, 4) is 0 Å². The van der Waals surface area contributed by atoms with Crippen molar-refractivity contribution in [3.63, 3.8) is 0 Å². The molecule has 94 valence electrons.